The molecule has 4 atom stereocenters. The highest BCUT2D eigenvalue weighted by Gasteiger charge is 2.71. The van der Waals surface area contributed by atoms with E-state index in [1.165, 1.54) is 7.11 Å². The number of Topliss-reactive ketones (excluding diaryl/α,β-unsaturated/α-hetero) is 1. The summed E-state index contributed by atoms with van der Waals surface area (Å²) in [6.07, 6.45) is 0.498. The van der Waals surface area contributed by atoms with Crippen molar-refractivity contribution in [2.45, 2.75) is 90.1 Å². The average Bonchev–Trinajstić information content (AvgIpc) is 2.87. The number of carbonyl (C=O) groups excluding carboxylic acids is 3. The summed E-state index contributed by atoms with van der Waals surface area (Å²) in [5, 5.41) is 11.2. The summed E-state index contributed by atoms with van der Waals surface area (Å²) in [5.74, 6) is -2.97. The van der Waals surface area contributed by atoms with Gasteiger partial charge in [-0.15, -0.1) is 0 Å². The number of fused-ring (bicyclic) bond motifs is 2. The Bertz CT molecular complexity index is 604. The lowest BCUT2D eigenvalue weighted by Crippen LogP contribution is -2.63. The minimum atomic E-state index is -2.00. The van der Waals surface area contributed by atoms with Crippen molar-refractivity contribution in [2.75, 3.05) is 7.11 Å². The van der Waals surface area contributed by atoms with E-state index in [0.29, 0.717) is 12.8 Å². The average molecular weight is 384 g/mol. The Morgan fingerprint density at radius 3 is 2.30 bits per heavy atom. The van der Waals surface area contributed by atoms with Crippen molar-refractivity contribution in [1.29, 1.82) is 0 Å². The van der Waals surface area contributed by atoms with Crippen LogP contribution in [0.2, 0.25) is 0 Å². The van der Waals surface area contributed by atoms with Crippen LogP contribution < -0.4 is 0 Å². The molecule has 0 spiro atoms. The zero-order chi connectivity index (χ0) is 20.6. The summed E-state index contributed by atoms with van der Waals surface area (Å²) >= 11 is 0. The van der Waals surface area contributed by atoms with E-state index >= 15 is 0 Å². The lowest BCUT2D eigenvalue weighted by atomic mass is 9.65. The van der Waals surface area contributed by atoms with Gasteiger partial charge in [-0.25, -0.2) is 4.79 Å². The highest BCUT2D eigenvalue weighted by atomic mass is 16.6. The van der Waals surface area contributed by atoms with Crippen LogP contribution in [-0.4, -0.2) is 53.3 Å². The van der Waals surface area contributed by atoms with Crippen LogP contribution in [0.4, 0.5) is 0 Å². The molecule has 0 aromatic rings. The van der Waals surface area contributed by atoms with Gasteiger partial charge in [0.1, 0.15) is 5.60 Å². The predicted octanol–water partition coefficient (Wildman–Crippen LogP) is 2.18. The Kier molecular flexibility index (Phi) is 6.07. The van der Waals surface area contributed by atoms with E-state index in [1.54, 1.807) is 20.8 Å². The first-order valence-electron chi connectivity index (χ1n) is 9.70. The van der Waals surface area contributed by atoms with E-state index in [9.17, 15) is 19.5 Å². The minimum absolute atomic E-state index is 0.163. The lowest BCUT2D eigenvalue weighted by Gasteiger charge is -2.45. The molecule has 0 unspecified atom stereocenters. The monoisotopic (exact) mass is 384 g/mol. The molecule has 7 heteroatoms. The zero-order valence-electron chi connectivity index (χ0n) is 17.2. The number of hydrogen-bond acceptors (Lipinski definition) is 7. The largest absolute Gasteiger partial charge is 0.468 e. The first kappa shape index (κ1) is 21.8. The summed E-state index contributed by atoms with van der Waals surface area (Å²) in [5.41, 5.74) is -4.28. The molecule has 0 radical (unpaired) electrons. The minimum Gasteiger partial charge on any atom is -0.468 e. The molecule has 0 aliphatic heterocycles. The van der Waals surface area contributed by atoms with E-state index in [1.807, 2.05) is 13.8 Å². The third-order valence-corrected chi connectivity index (χ3v) is 5.78. The fraction of sp³-hybridized carbons (Fsp3) is 0.850. The number of esters is 2. The number of hydrogen-bond donors (Lipinski definition) is 1. The molecule has 0 aromatic heterocycles. The third-order valence-electron chi connectivity index (χ3n) is 5.78. The maximum absolute atomic E-state index is 13.2. The molecule has 1 N–H and O–H groups in total. The molecule has 0 heterocycles. The highest BCUT2D eigenvalue weighted by molar-refractivity contribution is 6.10. The highest BCUT2D eigenvalue weighted by Crippen LogP contribution is 2.55. The SMILES string of the molecule is CCC(CC)O[C@H]1C[C@](O)(C(=O)OC(C)(C)C)[C@@H]2CC[C@@]1(C(=O)OC)C2=O. The van der Waals surface area contributed by atoms with Gasteiger partial charge in [0, 0.05) is 6.42 Å². The van der Waals surface area contributed by atoms with Gasteiger partial charge in [-0.2, -0.15) is 0 Å². The Hall–Kier alpha value is -1.47. The maximum Gasteiger partial charge on any atom is 0.339 e. The molecule has 2 aliphatic carbocycles. The van der Waals surface area contributed by atoms with E-state index in [-0.39, 0.29) is 25.4 Å². The molecule has 0 amide bonds. The topological polar surface area (TPSA) is 99.1 Å². The molecule has 27 heavy (non-hydrogen) atoms. The summed E-state index contributed by atoms with van der Waals surface area (Å²) in [6, 6.07) is 0. The zero-order valence-corrected chi connectivity index (χ0v) is 17.2. The standard InChI is InChI=1S/C20H32O7/c1-7-12(8-2)26-14-11-20(24,17(23)27-18(3,4)5)13-9-10-19(14,15(13)21)16(22)25-6/h12-14,24H,7-11H2,1-6H3/t13-,14+,19+,20-/m1/s1. The Labute approximate surface area is 160 Å². The second-order valence-corrected chi connectivity index (χ2v) is 8.61. The van der Waals surface area contributed by atoms with Crippen molar-refractivity contribution < 1.29 is 33.7 Å². The van der Waals surface area contributed by atoms with Crippen LogP contribution in [-0.2, 0) is 28.6 Å². The molecule has 2 bridgehead atoms. The summed E-state index contributed by atoms with van der Waals surface area (Å²) in [6.45, 7) is 8.99. The number of aliphatic hydroxyl groups is 1. The molecule has 0 saturated heterocycles. The van der Waals surface area contributed by atoms with Gasteiger partial charge in [0.05, 0.1) is 25.2 Å². The summed E-state index contributed by atoms with van der Waals surface area (Å²) in [7, 11) is 1.24. The maximum atomic E-state index is 13.2. The molecule has 2 saturated carbocycles. The lowest BCUT2D eigenvalue weighted by molar-refractivity contribution is -0.207. The van der Waals surface area contributed by atoms with Crippen LogP contribution in [0, 0.1) is 11.3 Å². The van der Waals surface area contributed by atoms with Crippen molar-refractivity contribution >= 4 is 17.7 Å². The van der Waals surface area contributed by atoms with E-state index in [0.717, 1.165) is 0 Å². The van der Waals surface area contributed by atoms with Crippen LogP contribution in [0.5, 0.6) is 0 Å². The summed E-state index contributed by atoms with van der Waals surface area (Å²) in [4.78, 5) is 38.6. The van der Waals surface area contributed by atoms with Crippen LogP contribution in [0.1, 0.15) is 66.7 Å². The molecule has 0 aromatic carbocycles. The second-order valence-electron chi connectivity index (χ2n) is 8.61. The first-order chi connectivity index (χ1) is 12.5. The molecule has 2 aliphatic rings. The third kappa shape index (κ3) is 3.63. The van der Waals surface area contributed by atoms with Gasteiger partial charge in [-0.05, 0) is 46.5 Å². The van der Waals surface area contributed by atoms with Crippen LogP contribution >= 0.6 is 0 Å². The van der Waals surface area contributed by atoms with Gasteiger partial charge in [0.2, 0.25) is 0 Å². The van der Waals surface area contributed by atoms with Crippen molar-refractivity contribution in [3.63, 3.8) is 0 Å². The number of carbonyl (C=O) groups is 3. The van der Waals surface area contributed by atoms with E-state index in [2.05, 4.69) is 0 Å². The fourth-order valence-electron chi connectivity index (χ4n) is 4.30. The molecule has 7 nitrogen and oxygen atoms in total. The second kappa shape index (κ2) is 7.51. The number of methoxy groups -OCH3 is 1. The van der Waals surface area contributed by atoms with Gasteiger partial charge in [0.15, 0.2) is 16.8 Å². The van der Waals surface area contributed by atoms with Crippen LogP contribution in [0.15, 0.2) is 0 Å². The first-order valence-corrected chi connectivity index (χ1v) is 9.70. The van der Waals surface area contributed by atoms with Crippen molar-refractivity contribution in [2.24, 2.45) is 11.3 Å². The normalized spacial score (nSPS) is 33.3. The van der Waals surface area contributed by atoms with Gasteiger partial charge in [-0.3, -0.25) is 9.59 Å². The van der Waals surface area contributed by atoms with Gasteiger partial charge in [-0.1, -0.05) is 13.8 Å². The Morgan fingerprint density at radius 2 is 1.81 bits per heavy atom. The van der Waals surface area contributed by atoms with Gasteiger partial charge < -0.3 is 19.3 Å². The number of ketones is 1. The summed E-state index contributed by atoms with van der Waals surface area (Å²) < 4.78 is 16.4. The molecule has 154 valence electrons. The molecular formula is C20H32O7. The fourth-order valence-corrected chi connectivity index (χ4v) is 4.30. The Morgan fingerprint density at radius 1 is 1.22 bits per heavy atom. The van der Waals surface area contributed by atoms with Crippen molar-refractivity contribution in [1.82, 2.24) is 0 Å². The van der Waals surface area contributed by atoms with Crippen molar-refractivity contribution in [3.05, 3.63) is 0 Å². The van der Waals surface area contributed by atoms with E-state index < -0.39 is 46.4 Å². The van der Waals surface area contributed by atoms with Crippen LogP contribution in [0.25, 0.3) is 0 Å². The molecular weight excluding hydrogens is 352 g/mol. The van der Waals surface area contributed by atoms with Gasteiger partial charge in [0.25, 0.3) is 0 Å². The smallest absolute Gasteiger partial charge is 0.339 e. The Balaban J connectivity index is 2.46. The molecule has 2 fully saturated rings. The number of ether oxygens (including phenoxy) is 3. The number of rotatable bonds is 6. The quantitative estimate of drug-likeness (QED) is 0.553. The predicted molar refractivity (Wildman–Crippen MR) is 96.8 cm³/mol. The van der Waals surface area contributed by atoms with Crippen LogP contribution in [0.3, 0.4) is 0 Å². The van der Waals surface area contributed by atoms with E-state index in [4.69, 9.17) is 14.2 Å². The molecule has 2 rings (SSSR count). The van der Waals surface area contributed by atoms with Crippen molar-refractivity contribution in [3.8, 4) is 0 Å². The van der Waals surface area contributed by atoms with Gasteiger partial charge >= 0.3 is 11.9 Å².